The van der Waals surface area contributed by atoms with Crippen molar-refractivity contribution in [3.8, 4) is 0 Å². The number of hydrogen-bond acceptors (Lipinski definition) is 3. The SMILES string of the molecule is CCn1ncc(Br)c1C(NC)c1cccc(N(C)C)c1. The van der Waals surface area contributed by atoms with Gasteiger partial charge in [-0.1, -0.05) is 12.1 Å². The number of anilines is 1. The van der Waals surface area contributed by atoms with E-state index in [-0.39, 0.29) is 6.04 Å². The van der Waals surface area contributed by atoms with Crippen LogP contribution >= 0.6 is 15.9 Å². The second-order valence-electron chi connectivity index (χ2n) is 4.90. The Hall–Kier alpha value is -1.33. The van der Waals surface area contributed by atoms with E-state index in [0.717, 1.165) is 16.7 Å². The topological polar surface area (TPSA) is 33.1 Å². The van der Waals surface area contributed by atoms with E-state index in [2.05, 4.69) is 76.5 Å². The van der Waals surface area contributed by atoms with Gasteiger partial charge in [-0.2, -0.15) is 5.10 Å². The van der Waals surface area contributed by atoms with Gasteiger partial charge >= 0.3 is 0 Å². The second kappa shape index (κ2) is 6.41. The number of aromatic nitrogens is 2. The van der Waals surface area contributed by atoms with Crippen LogP contribution in [0.3, 0.4) is 0 Å². The van der Waals surface area contributed by atoms with Crippen LogP contribution in [0.2, 0.25) is 0 Å². The zero-order valence-electron chi connectivity index (χ0n) is 12.4. The number of aryl methyl sites for hydroxylation is 1. The molecule has 0 fully saturated rings. The summed E-state index contributed by atoms with van der Waals surface area (Å²) in [5, 5.41) is 7.80. The number of hydrogen-bond donors (Lipinski definition) is 1. The Kier molecular flexibility index (Phi) is 4.83. The molecule has 1 N–H and O–H groups in total. The van der Waals surface area contributed by atoms with Gasteiger partial charge in [0.25, 0.3) is 0 Å². The molecule has 0 spiro atoms. The van der Waals surface area contributed by atoms with Gasteiger partial charge in [0.2, 0.25) is 0 Å². The summed E-state index contributed by atoms with van der Waals surface area (Å²) in [4.78, 5) is 2.11. The van der Waals surface area contributed by atoms with Crippen molar-refractivity contribution in [3.05, 3.63) is 46.2 Å². The van der Waals surface area contributed by atoms with E-state index >= 15 is 0 Å². The lowest BCUT2D eigenvalue weighted by molar-refractivity contribution is 0.561. The van der Waals surface area contributed by atoms with E-state index < -0.39 is 0 Å². The van der Waals surface area contributed by atoms with Crippen LogP contribution in [-0.2, 0) is 6.54 Å². The molecule has 1 aromatic heterocycles. The summed E-state index contributed by atoms with van der Waals surface area (Å²) in [5.41, 5.74) is 3.59. The molecule has 1 aromatic carbocycles. The lowest BCUT2D eigenvalue weighted by Crippen LogP contribution is -2.22. The van der Waals surface area contributed by atoms with Crippen molar-refractivity contribution in [1.82, 2.24) is 15.1 Å². The molecule has 0 radical (unpaired) electrons. The third-order valence-corrected chi connectivity index (χ3v) is 4.03. The minimum Gasteiger partial charge on any atom is -0.378 e. The molecule has 1 unspecified atom stereocenters. The van der Waals surface area contributed by atoms with Gasteiger partial charge in [0, 0.05) is 26.3 Å². The fourth-order valence-corrected chi connectivity index (χ4v) is 2.88. The molecule has 108 valence electrons. The maximum atomic E-state index is 4.41. The van der Waals surface area contributed by atoms with Gasteiger partial charge < -0.3 is 10.2 Å². The molecule has 2 aromatic rings. The van der Waals surface area contributed by atoms with Crippen LogP contribution in [0, 0.1) is 0 Å². The van der Waals surface area contributed by atoms with Crippen molar-refractivity contribution in [2.45, 2.75) is 19.5 Å². The molecule has 1 atom stereocenters. The summed E-state index contributed by atoms with van der Waals surface area (Å²) >= 11 is 3.61. The standard InChI is InChI=1S/C15H21BrN4/c1-5-20-15(13(16)10-18-20)14(17-2)11-7-6-8-12(9-11)19(3)4/h6-10,14,17H,5H2,1-4H3. The van der Waals surface area contributed by atoms with Crippen LogP contribution in [-0.4, -0.2) is 30.9 Å². The molecular weight excluding hydrogens is 316 g/mol. The third-order valence-electron chi connectivity index (χ3n) is 3.41. The highest BCUT2D eigenvalue weighted by atomic mass is 79.9. The first-order valence-electron chi connectivity index (χ1n) is 6.74. The fraction of sp³-hybridized carbons (Fsp3) is 0.400. The van der Waals surface area contributed by atoms with Gasteiger partial charge in [-0.3, -0.25) is 4.68 Å². The summed E-state index contributed by atoms with van der Waals surface area (Å²) in [6.07, 6.45) is 1.86. The zero-order valence-corrected chi connectivity index (χ0v) is 14.0. The van der Waals surface area contributed by atoms with Gasteiger partial charge in [0.15, 0.2) is 0 Å². The number of nitrogens with zero attached hydrogens (tertiary/aromatic N) is 3. The largest absolute Gasteiger partial charge is 0.378 e. The maximum Gasteiger partial charge on any atom is 0.0758 e. The van der Waals surface area contributed by atoms with Crippen molar-refractivity contribution in [2.24, 2.45) is 0 Å². The van der Waals surface area contributed by atoms with Crippen LogP contribution in [0.25, 0.3) is 0 Å². The Balaban J connectivity index is 2.47. The summed E-state index contributed by atoms with van der Waals surface area (Å²) < 4.78 is 3.06. The highest BCUT2D eigenvalue weighted by Gasteiger charge is 2.20. The summed E-state index contributed by atoms with van der Waals surface area (Å²) in [7, 11) is 6.09. The molecule has 20 heavy (non-hydrogen) atoms. The molecule has 0 aliphatic rings. The Morgan fingerprint density at radius 1 is 1.40 bits per heavy atom. The van der Waals surface area contributed by atoms with Crippen molar-refractivity contribution < 1.29 is 0 Å². The van der Waals surface area contributed by atoms with Crippen molar-refractivity contribution in [3.63, 3.8) is 0 Å². The molecule has 0 aliphatic carbocycles. The molecular formula is C15H21BrN4. The van der Waals surface area contributed by atoms with Gasteiger partial charge in [-0.25, -0.2) is 0 Å². The Morgan fingerprint density at radius 3 is 2.75 bits per heavy atom. The van der Waals surface area contributed by atoms with Crippen LogP contribution in [0.5, 0.6) is 0 Å². The molecule has 0 amide bonds. The second-order valence-corrected chi connectivity index (χ2v) is 5.76. The normalized spacial score (nSPS) is 12.4. The summed E-state index contributed by atoms with van der Waals surface area (Å²) in [5.74, 6) is 0. The molecule has 4 nitrogen and oxygen atoms in total. The molecule has 0 saturated heterocycles. The van der Waals surface area contributed by atoms with Gasteiger partial charge in [-0.15, -0.1) is 0 Å². The van der Waals surface area contributed by atoms with Gasteiger partial charge in [-0.05, 0) is 47.6 Å². The maximum absolute atomic E-state index is 4.41. The van der Waals surface area contributed by atoms with E-state index in [0.29, 0.717) is 0 Å². The highest BCUT2D eigenvalue weighted by molar-refractivity contribution is 9.10. The van der Waals surface area contributed by atoms with Crippen molar-refractivity contribution >= 4 is 21.6 Å². The van der Waals surface area contributed by atoms with E-state index in [1.54, 1.807) is 0 Å². The summed E-state index contributed by atoms with van der Waals surface area (Å²) in [6, 6.07) is 8.68. The average molecular weight is 337 g/mol. The Morgan fingerprint density at radius 2 is 2.15 bits per heavy atom. The van der Waals surface area contributed by atoms with E-state index in [1.165, 1.54) is 11.3 Å². The first-order chi connectivity index (χ1) is 9.58. The number of rotatable bonds is 5. The first kappa shape index (κ1) is 15.1. The van der Waals surface area contributed by atoms with Crippen molar-refractivity contribution in [2.75, 3.05) is 26.0 Å². The quantitative estimate of drug-likeness (QED) is 0.910. The van der Waals surface area contributed by atoms with Crippen LogP contribution in [0.1, 0.15) is 24.2 Å². The van der Waals surface area contributed by atoms with E-state index in [1.807, 2.05) is 17.9 Å². The minimum atomic E-state index is 0.117. The first-order valence-corrected chi connectivity index (χ1v) is 7.53. The smallest absolute Gasteiger partial charge is 0.0758 e. The van der Waals surface area contributed by atoms with E-state index in [4.69, 9.17) is 0 Å². The molecule has 0 aliphatic heterocycles. The lowest BCUT2D eigenvalue weighted by atomic mass is 10.0. The Labute approximate surface area is 128 Å². The lowest BCUT2D eigenvalue weighted by Gasteiger charge is -2.21. The van der Waals surface area contributed by atoms with Crippen molar-refractivity contribution in [1.29, 1.82) is 0 Å². The third kappa shape index (κ3) is 2.88. The number of benzene rings is 1. The monoisotopic (exact) mass is 336 g/mol. The molecule has 1 heterocycles. The fourth-order valence-electron chi connectivity index (χ4n) is 2.35. The molecule has 0 bridgehead atoms. The summed E-state index contributed by atoms with van der Waals surface area (Å²) in [6.45, 7) is 2.96. The van der Waals surface area contributed by atoms with Crippen LogP contribution < -0.4 is 10.2 Å². The predicted molar refractivity (Wildman–Crippen MR) is 87.3 cm³/mol. The Bertz CT molecular complexity index is 577. The molecule has 0 saturated carbocycles. The highest BCUT2D eigenvalue weighted by Crippen LogP contribution is 2.30. The molecule has 2 rings (SSSR count). The van der Waals surface area contributed by atoms with Gasteiger partial charge in [0.05, 0.1) is 22.4 Å². The van der Waals surface area contributed by atoms with Crippen LogP contribution in [0.4, 0.5) is 5.69 Å². The van der Waals surface area contributed by atoms with Gasteiger partial charge in [0.1, 0.15) is 0 Å². The predicted octanol–water partition coefficient (Wildman–Crippen LogP) is 3.04. The average Bonchev–Trinajstić information content (AvgIpc) is 2.82. The minimum absolute atomic E-state index is 0.117. The van der Waals surface area contributed by atoms with E-state index in [9.17, 15) is 0 Å². The molecule has 5 heteroatoms. The number of nitrogens with one attached hydrogen (secondary N) is 1. The zero-order chi connectivity index (χ0) is 14.7. The number of halogens is 1. The van der Waals surface area contributed by atoms with Crippen LogP contribution in [0.15, 0.2) is 34.9 Å².